The quantitative estimate of drug-likeness (QED) is 0.419. The zero-order valence-electron chi connectivity index (χ0n) is 19.6. The Labute approximate surface area is 212 Å². The first-order chi connectivity index (χ1) is 17.0. The lowest BCUT2D eigenvalue weighted by Gasteiger charge is -2.37. The number of benzene rings is 2. The number of hydrogen-bond acceptors (Lipinski definition) is 7. The minimum atomic E-state index is -0.602. The first-order valence-corrected chi connectivity index (χ1v) is 12.3. The number of Topliss-reactive ketones (excluding diaryl/α,β-unsaturated/α-hetero) is 1. The molecule has 2 atom stereocenters. The van der Waals surface area contributed by atoms with E-state index in [-0.39, 0.29) is 31.7 Å². The van der Waals surface area contributed by atoms with E-state index < -0.39 is 11.9 Å². The predicted molar refractivity (Wildman–Crippen MR) is 132 cm³/mol. The number of esters is 1. The molecule has 2 heterocycles. The standard InChI is InChI=1S/C27H26BrNO6/c1-15-24(27(31)33-9-8-32-2)25(18-12-22-23(13-19(18)28)35-14-34-22)26-20(29-15)10-17(11-21(26)30)16-6-4-3-5-7-16/h3-7,12-13,17,25,29H,8-11,14H2,1-2H3/t17-,25-/m1/s1. The molecule has 5 rings (SSSR count). The number of dihydropyridines is 1. The molecule has 0 saturated heterocycles. The Morgan fingerprint density at radius 3 is 2.60 bits per heavy atom. The molecule has 0 amide bonds. The molecule has 182 valence electrons. The van der Waals surface area contributed by atoms with Crippen molar-refractivity contribution in [3.05, 3.63) is 80.6 Å². The van der Waals surface area contributed by atoms with Crippen LogP contribution < -0.4 is 14.8 Å². The van der Waals surface area contributed by atoms with Crippen molar-refractivity contribution in [3.63, 3.8) is 0 Å². The van der Waals surface area contributed by atoms with E-state index in [1.165, 1.54) is 0 Å². The van der Waals surface area contributed by atoms with Crippen LogP contribution >= 0.6 is 15.9 Å². The summed E-state index contributed by atoms with van der Waals surface area (Å²) in [6, 6.07) is 13.7. The van der Waals surface area contributed by atoms with Crippen molar-refractivity contribution in [2.24, 2.45) is 0 Å². The van der Waals surface area contributed by atoms with Crippen LogP contribution in [0, 0.1) is 0 Å². The average molecular weight is 540 g/mol. The topological polar surface area (TPSA) is 83.1 Å². The number of rotatable bonds is 6. The number of methoxy groups -OCH3 is 1. The fourth-order valence-electron chi connectivity index (χ4n) is 5.03. The minimum absolute atomic E-state index is 0.0110. The monoisotopic (exact) mass is 539 g/mol. The number of fused-ring (bicyclic) bond motifs is 1. The molecule has 8 heteroatoms. The minimum Gasteiger partial charge on any atom is -0.460 e. The maximum Gasteiger partial charge on any atom is 0.336 e. The van der Waals surface area contributed by atoms with Crippen LogP contribution in [0.2, 0.25) is 0 Å². The summed E-state index contributed by atoms with van der Waals surface area (Å²) in [7, 11) is 1.55. The van der Waals surface area contributed by atoms with Gasteiger partial charge in [-0.25, -0.2) is 4.79 Å². The smallest absolute Gasteiger partial charge is 0.336 e. The number of ether oxygens (including phenoxy) is 4. The van der Waals surface area contributed by atoms with Crippen molar-refractivity contribution >= 4 is 27.7 Å². The van der Waals surface area contributed by atoms with E-state index in [9.17, 15) is 9.59 Å². The number of nitrogens with one attached hydrogen (secondary N) is 1. The lowest BCUT2D eigenvalue weighted by atomic mass is 9.71. The second-order valence-corrected chi connectivity index (χ2v) is 9.64. The zero-order chi connectivity index (χ0) is 24.5. The van der Waals surface area contributed by atoms with Gasteiger partial charge in [0.05, 0.1) is 12.2 Å². The van der Waals surface area contributed by atoms with Gasteiger partial charge in [0, 0.05) is 40.9 Å². The molecule has 2 aliphatic heterocycles. The van der Waals surface area contributed by atoms with E-state index in [0.29, 0.717) is 41.2 Å². The van der Waals surface area contributed by atoms with Gasteiger partial charge in [0.1, 0.15) is 6.61 Å². The van der Waals surface area contributed by atoms with E-state index in [4.69, 9.17) is 18.9 Å². The number of halogens is 1. The molecule has 0 unspecified atom stereocenters. The maximum atomic E-state index is 13.7. The molecular formula is C27H26BrNO6. The van der Waals surface area contributed by atoms with E-state index in [0.717, 1.165) is 21.3 Å². The predicted octanol–water partition coefficient (Wildman–Crippen LogP) is 4.73. The summed E-state index contributed by atoms with van der Waals surface area (Å²) in [5.41, 5.74) is 4.40. The number of allylic oxidation sites excluding steroid dienone is 3. The molecule has 3 aliphatic rings. The highest BCUT2D eigenvalue weighted by atomic mass is 79.9. The Hall–Kier alpha value is -3.10. The van der Waals surface area contributed by atoms with E-state index in [1.807, 2.05) is 37.3 Å². The van der Waals surface area contributed by atoms with Crippen molar-refractivity contribution in [2.75, 3.05) is 27.1 Å². The van der Waals surface area contributed by atoms with Crippen LogP contribution in [0.4, 0.5) is 0 Å². The van der Waals surface area contributed by atoms with E-state index in [1.54, 1.807) is 7.11 Å². The van der Waals surface area contributed by atoms with Crippen LogP contribution in [0.15, 0.2) is 69.5 Å². The summed E-state index contributed by atoms with van der Waals surface area (Å²) in [5, 5.41) is 3.38. The summed E-state index contributed by atoms with van der Waals surface area (Å²) < 4.78 is 22.4. The number of ketones is 1. The second kappa shape index (κ2) is 9.87. The van der Waals surface area contributed by atoms with Crippen molar-refractivity contribution in [1.29, 1.82) is 0 Å². The van der Waals surface area contributed by atoms with Crippen LogP contribution in [-0.4, -0.2) is 38.9 Å². The second-order valence-electron chi connectivity index (χ2n) is 8.78. The van der Waals surface area contributed by atoms with Crippen molar-refractivity contribution in [3.8, 4) is 11.5 Å². The summed E-state index contributed by atoms with van der Waals surface area (Å²) in [4.78, 5) is 27.0. The fraction of sp³-hybridized carbons (Fsp3) is 0.333. The molecule has 35 heavy (non-hydrogen) atoms. The van der Waals surface area contributed by atoms with Gasteiger partial charge < -0.3 is 24.3 Å². The lowest BCUT2D eigenvalue weighted by Crippen LogP contribution is -2.36. The average Bonchev–Trinajstić information content (AvgIpc) is 3.30. The highest BCUT2D eigenvalue weighted by Crippen LogP contribution is 2.49. The Morgan fingerprint density at radius 1 is 1.11 bits per heavy atom. The zero-order valence-corrected chi connectivity index (χ0v) is 21.1. The first-order valence-electron chi connectivity index (χ1n) is 11.5. The summed E-state index contributed by atoms with van der Waals surface area (Å²) in [6.45, 7) is 2.39. The summed E-state index contributed by atoms with van der Waals surface area (Å²) >= 11 is 3.65. The fourth-order valence-corrected chi connectivity index (χ4v) is 5.58. The van der Waals surface area contributed by atoms with Gasteiger partial charge in [0.2, 0.25) is 6.79 Å². The number of carbonyl (C=O) groups is 2. The number of carbonyl (C=O) groups excluding carboxylic acids is 2. The van der Waals surface area contributed by atoms with Gasteiger partial charge in [0.15, 0.2) is 17.3 Å². The van der Waals surface area contributed by atoms with Gasteiger partial charge in [-0.05, 0) is 42.5 Å². The normalized spacial score (nSPS) is 21.1. The SMILES string of the molecule is COCCOC(=O)C1=C(C)NC2=C(C(=O)C[C@H](c3ccccc3)C2)[C@@H]1c1cc2c(cc1Br)OCO2. The maximum absolute atomic E-state index is 13.7. The Kier molecular flexibility index (Phi) is 6.67. The molecule has 0 saturated carbocycles. The van der Waals surface area contributed by atoms with Gasteiger partial charge in [-0.2, -0.15) is 0 Å². The summed E-state index contributed by atoms with van der Waals surface area (Å²) in [5.74, 6) is 0.197. The molecule has 2 aromatic rings. The van der Waals surface area contributed by atoms with Crippen LogP contribution in [0.3, 0.4) is 0 Å². The van der Waals surface area contributed by atoms with Crippen LogP contribution in [0.25, 0.3) is 0 Å². The van der Waals surface area contributed by atoms with Gasteiger partial charge in [-0.3, -0.25) is 4.79 Å². The Balaban J connectivity index is 1.59. The Morgan fingerprint density at radius 2 is 1.86 bits per heavy atom. The van der Waals surface area contributed by atoms with Crippen LogP contribution in [0.1, 0.15) is 42.7 Å². The molecular weight excluding hydrogens is 514 g/mol. The van der Waals surface area contributed by atoms with Gasteiger partial charge >= 0.3 is 5.97 Å². The molecule has 7 nitrogen and oxygen atoms in total. The van der Waals surface area contributed by atoms with Gasteiger partial charge in [-0.1, -0.05) is 46.3 Å². The molecule has 2 aromatic carbocycles. The highest BCUT2D eigenvalue weighted by molar-refractivity contribution is 9.10. The molecule has 1 aliphatic carbocycles. The molecule has 0 bridgehead atoms. The van der Waals surface area contributed by atoms with Crippen molar-refractivity contribution < 1.29 is 28.5 Å². The third kappa shape index (κ3) is 4.48. The molecule has 0 radical (unpaired) electrons. The van der Waals surface area contributed by atoms with E-state index >= 15 is 0 Å². The molecule has 0 spiro atoms. The molecule has 0 fully saturated rings. The van der Waals surface area contributed by atoms with Gasteiger partial charge in [0.25, 0.3) is 0 Å². The van der Waals surface area contributed by atoms with Gasteiger partial charge in [-0.15, -0.1) is 0 Å². The first kappa shape index (κ1) is 23.6. The molecule has 0 aromatic heterocycles. The van der Waals surface area contributed by atoms with Crippen LogP contribution in [0.5, 0.6) is 11.5 Å². The third-order valence-corrected chi connectivity index (χ3v) is 7.33. The molecule has 1 N–H and O–H groups in total. The third-order valence-electron chi connectivity index (χ3n) is 6.64. The highest BCUT2D eigenvalue weighted by Gasteiger charge is 2.42. The van der Waals surface area contributed by atoms with E-state index in [2.05, 4.69) is 33.4 Å². The lowest BCUT2D eigenvalue weighted by molar-refractivity contribution is -0.140. The number of hydrogen-bond donors (Lipinski definition) is 1. The van der Waals surface area contributed by atoms with Crippen molar-refractivity contribution in [1.82, 2.24) is 5.32 Å². The Bertz CT molecular complexity index is 1240. The largest absolute Gasteiger partial charge is 0.460 e. The van der Waals surface area contributed by atoms with Crippen LogP contribution in [-0.2, 0) is 19.1 Å². The summed E-state index contributed by atoms with van der Waals surface area (Å²) in [6.07, 6.45) is 1.04. The van der Waals surface area contributed by atoms with Crippen molar-refractivity contribution in [2.45, 2.75) is 31.6 Å².